The van der Waals surface area contributed by atoms with Crippen molar-refractivity contribution in [1.29, 1.82) is 0 Å². The molecule has 0 unspecified atom stereocenters. The Morgan fingerprint density at radius 3 is 2.78 bits per heavy atom. The summed E-state index contributed by atoms with van der Waals surface area (Å²) in [5.74, 6) is -0.915. The van der Waals surface area contributed by atoms with Gasteiger partial charge < -0.3 is 9.53 Å². The van der Waals surface area contributed by atoms with Crippen molar-refractivity contribution in [2.75, 3.05) is 6.61 Å². The van der Waals surface area contributed by atoms with Gasteiger partial charge in [-0.05, 0) is 0 Å². The van der Waals surface area contributed by atoms with Crippen molar-refractivity contribution in [2.45, 2.75) is 6.42 Å². The lowest BCUT2D eigenvalue weighted by Gasteiger charge is -1.95. The van der Waals surface area contributed by atoms with E-state index in [0.717, 1.165) is 0 Å². The molecule has 0 rings (SSSR count). The monoisotopic (exact) mass is 152 g/mol. The predicted octanol–water partition coefficient (Wildman–Crippen LogP) is -1.03. The molecule has 0 fully saturated rings. The number of hydrogen-bond acceptors (Lipinski definition) is 4. The lowest BCUT2D eigenvalue weighted by atomic mass is 10.5. The summed E-state index contributed by atoms with van der Waals surface area (Å²) in [5.41, 5.74) is 0. The van der Waals surface area contributed by atoms with Crippen LogP contribution >= 0.6 is 0 Å². The van der Waals surface area contributed by atoms with Gasteiger partial charge in [0.15, 0.2) is 0 Å². The number of carboxylic acid groups (broad SMARTS) is 1. The summed E-state index contributed by atoms with van der Waals surface area (Å²) in [6, 6.07) is 0. The SMILES string of the molecule is O=C(O)CCO[SiH2]OO. The maximum atomic E-state index is 9.79. The van der Waals surface area contributed by atoms with Crippen LogP contribution in [0.2, 0.25) is 0 Å². The van der Waals surface area contributed by atoms with E-state index in [-0.39, 0.29) is 13.0 Å². The van der Waals surface area contributed by atoms with E-state index in [1.54, 1.807) is 0 Å². The van der Waals surface area contributed by atoms with Gasteiger partial charge in [0.1, 0.15) is 0 Å². The van der Waals surface area contributed by atoms with Crippen LogP contribution in [0.5, 0.6) is 0 Å². The highest BCUT2D eigenvalue weighted by atomic mass is 28.3. The van der Waals surface area contributed by atoms with Crippen molar-refractivity contribution in [3.8, 4) is 0 Å². The molecule has 0 amide bonds. The van der Waals surface area contributed by atoms with Gasteiger partial charge in [0, 0.05) is 6.61 Å². The first-order chi connectivity index (χ1) is 4.27. The van der Waals surface area contributed by atoms with Crippen molar-refractivity contribution in [3.63, 3.8) is 0 Å². The highest BCUT2D eigenvalue weighted by molar-refractivity contribution is 6.17. The number of aliphatic carboxylic acids is 1. The van der Waals surface area contributed by atoms with E-state index in [4.69, 9.17) is 10.4 Å². The Kier molecular flexibility index (Phi) is 5.42. The van der Waals surface area contributed by atoms with E-state index in [9.17, 15) is 4.79 Å². The Labute approximate surface area is 54.2 Å². The third-order valence-electron chi connectivity index (χ3n) is 0.596. The number of hydrogen-bond donors (Lipinski definition) is 2. The summed E-state index contributed by atoms with van der Waals surface area (Å²) in [6.45, 7) is 0.113. The van der Waals surface area contributed by atoms with Crippen molar-refractivity contribution in [3.05, 3.63) is 0 Å². The third-order valence-corrected chi connectivity index (χ3v) is 1.16. The van der Waals surface area contributed by atoms with Crippen LogP contribution in [0.15, 0.2) is 0 Å². The number of carbonyl (C=O) groups is 1. The number of carboxylic acids is 1. The van der Waals surface area contributed by atoms with Crippen LogP contribution < -0.4 is 0 Å². The smallest absolute Gasteiger partial charge is 0.344 e. The quantitative estimate of drug-likeness (QED) is 0.228. The Morgan fingerprint density at radius 1 is 1.67 bits per heavy atom. The standard InChI is InChI=1S/C3H8O5Si/c4-3(5)1-2-7-9-8-6/h6H,1-2,9H2,(H,4,5). The first-order valence-electron chi connectivity index (χ1n) is 2.33. The van der Waals surface area contributed by atoms with Crippen LogP contribution in [0, 0.1) is 0 Å². The van der Waals surface area contributed by atoms with Gasteiger partial charge in [-0.15, -0.1) is 0 Å². The first kappa shape index (κ1) is 8.57. The molecular weight excluding hydrogens is 144 g/mol. The van der Waals surface area contributed by atoms with Gasteiger partial charge >= 0.3 is 16.0 Å². The average molecular weight is 152 g/mol. The Hall–Kier alpha value is -0.433. The average Bonchev–Trinajstić information content (AvgIpc) is 1.80. The summed E-state index contributed by atoms with van der Waals surface area (Å²) < 4.78 is 8.23. The largest absolute Gasteiger partial charge is 0.481 e. The van der Waals surface area contributed by atoms with E-state index in [1.807, 2.05) is 0 Å². The zero-order valence-electron chi connectivity index (χ0n) is 4.74. The second-order valence-corrected chi connectivity index (χ2v) is 2.20. The molecule has 0 aliphatic heterocycles. The fourth-order valence-corrected chi connectivity index (χ4v) is 0.592. The van der Waals surface area contributed by atoms with E-state index >= 15 is 0 Å². The summed E-state index contributed by atoms with van der Waals surface area (Å²) in [5, 5.41) is 15.8. The van der Waals surface area contributed by atoms with Gasteiger partial charge in [-0.3, -0.25) is 14.6 Å². The maximum absolute atomic E-state index is 9.79. The fourth-order valence-electron chi connectivity index (χ4n) is 0.256. The molecule has 0 spiro atoms. The van der Waals surface area contributed by atoms with Gasteiger partial charge in [-0.2, -0.15) is 0 Å². The molecule has 5 nitrogen and oxygen atoms in total. The Morgan fingerprint density at radius 2 is 2.33 bits per heavy atom. The minimum atomic E-state index is -1.33. The second-order valence-electron chi connectivity index (χ2n) is 1.30. The molecule has 0 aromatic carbocycles. The molecule has 0 aromatic heterocycles. The highest BCUT2D eigenvalue weighted by Crippen LogP contribution is 1.79. The minimum Gasteiger partial charge on any atom is -0.481 e. The van der Waals surface area contributed by atoms with Crippen molar-refractivity contribution in [2.24, 2.45) is 0 Å². The van der Waals surface area contributed by atoms with Gasteiger partial charge in [0.25, 0.3) is 0 Å². The molecule has 9 heavy (non-hydrogen) atoms. The van der Waals surface area contributed by atoms with Crippen LogP contribution in [0.25, 0.3) is 0 Å². The van der Waals surface area contributed by atoms with E-state index in [0.29, 0.717) is 0 Å². The zero-order valence-corrected chi connectivity index (χ0v) is 6.15. The van der Waals surface area contributed by atoms with Gasteiger partial charge in [-0.25, -0.2) is 0 Å². The molecule has 6 heteroatoms. The Bertz CT molecular complexity index is 84.3. The van der Waals surface area contributed by atoms with E-state index in [1.165, 1.54) is 0 Å². The highest BCUT2D eigenvalue weighted by Gasteiger charge is 1.94. The van der Waals surface area contributed by atoms with Crippen molar-refractivity contribution in [1.82, 2.24) is 0 Å². The van der Waals surface area contributed by atoms with E-state index < -0.39 is 16.0 Å². The number of rotatable bonds is 5. The minimum absolute atomic E-state index is 0.0453. The van der Waals surface area contributed by atoms with Crippen LogP contribution in [0.1, 0.15) is 6.42 Å². The van der Waals surface area contributed by atoms with Crippen LogP contribution in [-0.2, 0) is 13.8 Å². The predicted molar refractivity (Wildman–Crippen MR) is 30.5 cm³/mol. The zero-order chi connectivity index (χ0) is 7.11. The molecule has 0 saturated heterocycles. The fraction of sp³-hybridized carbons (Fsp3) is 0.667. The maximum Gasteiger partial charge on any atom is 0.344 e. The molecule has 0 heterocycles. The third kappa shape index (κ3) is 7.57. The molecule has 0 bridgehead atoms. The molecule has 0 aromatic rings. The summed E-state index contributed by atoms with van der Waals surface area (Å²) in [6.07, 6.45) is -0.0453. The normalized spacial score (nSPS) is 10.8. The molecule has 0 aliphatic rings. The molecule has 0 radical (unpaired) electrons. The molecule has 0 atom stereocenters. The Balaban J connectivity index is 2.83. The van der Waals surface area contributed by atoms with Crippen molar-refractivity contribution < 1.29 is 24.2 Å². The second kappa shape index (κ2) is 5.70. The van der Waals surface area contributed by atoms with Gasteiger partial charge in [-0.1, -0.05) is 0 Å². The lowest BCUT2D eigenvalue weighted by Crippen LogP contribution is -2.07. The van der Waals surface area contributed by atoms with Gasteiger partial charge in [0.05, 0.1) is 6.42 Å². The molecule has 0 saturated carbocycles. The molecular formula is C3H8O5Si. The van der Waals surface area contributed by atoms with Crippen LogP contribution in [-0.4, -0.2) is 32.9 Å². The van der Waals surface area contributed by atoms with Crippen molar-refractivity contribution >= 4 is 16.0 Å². The lowest BCUT2D eigenvalue weighted by molar-refractivity contribution is -0.153. The molecule has 54 valence electrons. The first-order valence-corrected chi connectivity index (χ1v) is 3.48. The van der Waals surface area contributed by atoms with E-state index in [2.05, 4.69) is 9.00 Å². The van der Waals surface area contributed by atoms with Crippen LogP contribution in [0.4, 0.5) is 0 Å². The summed E-state index contributed by atoms with van der Waals surface area (Å²) in [7, 11) is -1.33. The topological polar surface area (TPSA) is 76.0 Å². The van der Waals surface area contributed by atoms with Gasteiger partial charge in [0.2, 0.25) is 0 Å². The van der Waals surface area contributed by atoms with Crippen LogP contribution in [0.3, 0.4) is 0 Å². The summed E-state index contributed by atoms with van der Waals surface area (Å²) >= 11 is 0. The molecule has 0 aliphatic carbocycles. The summed E-state index contributed by atoms with van der Waals surface area (Å²) in [4.78, 5) is 9.79. The molecule has 2 N–H and O–H groups in total.